The van der Waals surface area contributed by atoms with E-state index >= 15 is 0 Å². The van der Waals surface area contributed by atoms with E-state index in [4.69, 9.17) is 4.74 Å². The molecular weight excluding hydrogens is 212 g/mol. The van der Waals surface area contributed by atoms with Crippen LogP contribution in [0.15, 0.2) is 18.2 Å². The smallest absolute Gasteiger partial charge is 0.119 e. The van der Waals surface area contributed by atoms with Crippen LogP contribution >= 0.6 is 0 Å². The number of nitrogens with one attached hydrogen (secondary N) is 1. The second kappa shape index (κ2) is 5.41. The first kappa shape index (κ1) is 12.2. The van der Waals surface area contributed by atoms with Crippen molar-refractivity contribution in [3.8, 4) is 5.75 Å². The van der Waals surface area contributed by atoms with Crippen LogP contribution in [0.25, 0.3) is 0 Å². The minimum atomic E-state index is 0.656. The Kier molecular flexibility index (Phi) is 3.89. The van der Waals surface area contributed by atoms with E-state index in [1.165, 1.54) is 24.1 Å². The molecule has 1 aliphatic heterocycles. The molecule has 1 aromatic rings. The highest BCUT2D eigenvalue weighted by Gasteiger charge is 2.19. The van der Waals surface area contributed by atoms with E-state index in [1.807, 2.05) is 6.07 Å². The SMILES string of the molecule is COc1ccc(N(C)C)c(C2CCNCC2)c1. The highest BCUT2D eigenvalue weighted by molar-refractivity contribution is 5.57. The summed E-state index contributed by atoms with van der Waals surface area (Å²) >= 11 is 0. The summed E-state index contributed by atoms with van der Waals surface area (Å²) in [6.07, 6.45) is 2.43. The Balaban J connectivity index is 2.33. The van der Waals surface area contributed by atoms with Crippen molar-refractivity contribution < 1.29 is 4.74 Å². The van der Waals surface area contributed by atoms with Crippen molar-refractivity contribution in [2.75, 3.05) is 39.2 Å². The zero-order valence-electron chi connectivity index (χ0n) is 11.0. The fourth-order valence-corrected chi connectivity index (χ4v) is 2.53. The summed E-state index contributed by atoms with van der Waals surface area (Å²) < 4.78 is 5.35. The first-order valence-corrected chi connectivity index (χ1v) is 6.28. The molecule has 0 aliphatic carbocycles. The van der Waals surface area contributed by atoms with Gasteiger partial charge in [-0.25, -0.2) is 0 Å². The molecule has 0 amide bonds. The van der Waals surface area contributed by atoms with Crippen molar-refractivity contribution >= 4 is 5.69 Å². The minimum absolute atomic E-state index is 0.656. The largest absolute Gasteiger partial charge is 0.497 e. The highest BCUT2D eigenvalue weighted by atomic mass is 16.5. The molecule has 94 valence electrons. The lowest BCUT2D eigenvalue weighted by Crippen LogP contribution is -2.27. The molecule has 3 heteroatoms. The van der Waals surface area contributed by atoms with Gasteiger partial charge in [-0.2, -0.15) is 0 Å². The number of anilines is 1. The molecule has 0 bridgehead atoms. The summed E-state index contributed by atoms with van der Waals surface area (Å²) in [7, 11) is 5.94. The van der Waals surface area contributed by atoms with Gasteiger partial charge in [-0.05, 0) is 55.6 Å². The number of nitrogens with zero attached hydrogens (tertiary/aromatic N) is 1. The fourth-order valence-electron chi connectivity index (χ4n) is 2.53. The van der Waals surface area contributed by atoms with Gasteiger partial charge in [0.05, 0.1) is 7.11 Å². The van der Waals surface area contributed by atoms with E-state index in [0.29, 0.717) is 5.92 Å². The third kappa shape index (κ3) is 2.72. The second-order valence-corrected chi connectivity index (χ2v) is 4.84. The third-order valence-corrected chi connectivity index (χ3v) is 3.50. The lowest BCUT2D eigenvalue weighted by Gasteiger charge is -2.27. The van der Waals surface area contributed by atoms with Gasteiger partial charge >= 0.3 is 0 Å². The minimum Gasteiger partial charge on any atom is -0.497 e. The first-order valence-electron chi connectivity index (χ1n) is 6.28. The lowest BCUT2D eigenvalue weighted by molar-refractivity contribution is 0.411. The highest BCUT2D eigenvalue weighted by Crippen LogP contribution is 2.35. The van der Waals surface area contributed by atoms with E-state index in [9.17, 15) is 0 Å². The van der Waals surface area contributed by atoms with Crippen molar-refractivity contribution in [1.29, 1.82) is 0 Å². The molecule has 0 atom stereocenters. The molecule has 0 aromatic heterocycles. The maximum atomic E-state index is 5.35. The summed E-state index contributed by atoms with van der Waals surface area (Å²) in [5.41, 5.74) is 2.74. The second-order valence-electron chi connectivity index (χ2n) is 4.84. The average Bonchev–Trinajstić information content (AvgIpc) is 2.39. The lowest BCUT2D eigenvalue weighted by atomic mass is 9.88. The van der Waals surface area contributed by atoms with E-state index in [0.717, 1.165) is 18.8 Å². The summed E-state index contributed by atoms with van der Waals surface area (Å²) in [6.45, 7) is 2.24. The van der Waals surface area contributed by atoms with Gasteiger partial charge in [-0.3, -0.25) is 0 Å². The number of methoxy groups -OCH3 is 1. The van der Waals surface area contributed by atoms with Crippen molar-refractivity contribution in [2.45, 2.75) is 18.8 Å². The Morgan fingerprint density at radius 1 is 1.24 bits per heavy atom. The molecule has 0 spiro atoms. The van der Waals surface area contributed by atoms with Crippen LogP contribution < -0.4 is 15.0 Å². The molecule has 1 heterocycles. The van der Waals surface area contributed by atoms with Crippen molar-refractivity contribution in [1.82, 2.24) is 5.32 Å². The maximum absolute atomic E-state index is 5.35. The molecule has 0 saturated carbocycles. The van der Waals surface area contributed by atoms with Crippen LogP contribution in [0.2, 0.25) is 0 Å². The van der Waals surface area contributed by atoms with Crippen molar-refractivity contribution in [3.05, 3.63) is 23.8 Å². The molecule has 2 rings (SSSR count). The van der Waals surface area contributed by atoms with Gasteiger partial charge in [0.2, 0.25) is 0 Å². The van der Waals surface area contributed by atoms with Gasteiger partial charge < -0.3 is 15.0 Å². The molecule has 0 radical (unpaired) electrons. The Labute approximate surface area is 104 Å². The topological polar surface area (TPSA) is 24.5 Å². The van der Waals surface area contributed by atoms with Crippen LogP contribution in [0, 0.1) is 0 Å². The van der Waals surface area contributed by atoms with Gasteiger partial charge in [0.1, 0.15) is 5.75 Å². The summed E-state index contributed by atoms with van der Waals surface area (Å²) in [4.78, 5) is 2.19. The van der Waals surface area contributed by atoms with Crippen LogP contribution in [0.3, 0.4) is 0 Å². The maximum Gasteiger partial charge on any atom is 0.119 e. The molecule has 1 aliphatic rings. The number of hydrogen-bond donors (Lipinski definition) is 1. The van der Waals surface area contributed by atoms with Crippen LogP contribution in [0.4, 0.5) is 5.69 Å². The Bertz CT molecular complexity index is 370. The Morgan fingerprint density at radius 3 is 2.53 bits per heavy atom. The van der Waals surface area contributed by atoms with Gasteiger partial charge in [0, 0.05) is 19.8 Å². The monoisotopic (exact) mass is 234 g/mol. The molecule has 1 N–H and O–H groups in total. The van der Waals surface area contributed by atoms with Crippen LogP contribution in [0.5, 0.6) is 5.75 Å². The number of hydrogen-bond acceptors (Lipinski definition) is 3. The third-order valence-electron chi connectivity index (χ3n) is 3.50. The Morgan fingerprint density at radius 2 is 1.94 bits per heavy atom. The normalized spacial score (nSPS) is 16.9. The standard InChI is InChI=1S/C14H22N2O/c1-16(2)14-5-4-12(17-3)10-13(14)11-6-8-15-9-7-11/h4-5,10-11,15H,6-9H2,1-3H3. The number of rotatable bonds is 3. The summed E-state index contributed by atoms with van der Waals surface area (Å²) in [5.74, 6) is 1.62. The predicted octanol–water partition coefficient (Wildman–Crippen LogP) is 2.23. The number of piperidine rings is 1. The van der Waals surface area contributed by atoms with Crippen molar-refractivity contribution in [3.63, 3.8) is 0 Å². The van der Waals surface area contributed by atoms with E-state index in [-0.39, 0.29) is 0 Å². The van der Waals surface area contributed by atoms with Crippen LogP contribution in [0.1, 0.15) is 24.3 Å². The molecule has 1 aromatic carbocycles. The quantitative estimate of drug-likeness (QED) is 0.868. The molecule has 17 heavy (non-hydrogen) atoms. The fraction of sp³-hybridized carbons (Fsp3) is 0.571. The molecule has 0 unspecified atom stereocenters. The van der Waals surface area contributed by atoms with Gasteiger partial charge in [-0.1, -0.05) is 0 Å². The van der Waals surface area contributed by atoms with Gasteiger partial charge in [0.25, 0.3) is 0 Å². The predicted molar refractivity (Wildman–Crippen MR) is 72.2 cm³/mol. The van der Waals surface area contributed by atoms with E-state index in [1.54, 1.807) is 7.11 Å². The number of benzene rings is 1. The number of ether oxygens (including phenoxy) is 1. The molecule has 1 fully saturated rings. The Hall–Kier alpha value is -1.22. The molecular formula is C14H22N2O. The zero-order chi connectivity index (χ0) is 12.3. The van der Waals surface area contributed by atoms with E-state index in [2.05, 4.69) is 36.4 Å². The molecule has 1 saturated heterocycles. The van der Waals surface area contributed by atoms with Crippen LogP contribution in [-0.4, -0.2) is 34.3 Å². The summed E-state index contributed by atoms with van der Waals surface area (Å²) in [6, 6.07) is 6.40. The average molecular weight is 234 g/mol. The van der Waals surface area contributed by atoms with Gasteiger partial charge in [0.15, 0.2) is 0 Å². The molecule has 3 nitrogen and oxygen atoms in total. The van der Waals surface area contributed by atoms with Crippen LogP contribution in [-0.2, 0) is 0 Å². The first-order chi connectivity index (χ1) is 8.22. The van der Waals surface area contributed by atoms with Crippen molar-refractivity contribution in [2.24, 2.45) is 0 Å². The van der Waals surface area contributed by atoms with E-state index < -0.39 is 0 Å². The summed E-state index contributed by atoms with van der Waals surface area (Å²) in [5, 5.41) is 3.42. The van der Waals surface area contributed by atoms with Gasteiger partial charge in [-0.15, -0.1) is 0 Å². The zero-order valence-corrected chi connectivity index (χ0v) is 11.0.